The molecule has 0 aliphatic rings. The van der Waals surface area contributed by atoms with E-state index < -0.39 is 0 Å². The van der Waals surface area contributed by atoms with Gasteiger partial charge in [0.25, 0.3) is 0 Å². The fourth-order valence-corrected chi connectivity index (χ4v) is 2.50. The molecule has 0 aliphatic carbocycles. The Hall–Kier alpha value is -2.66. The highest BCUT2D eigenvalue weighted by molar-refractivity contribution is 6.30. The van der Waals surface area contributed by atoms with Crippen molar-refractivity contribution in [3.8, 4) is 17.1 Å². The molecule has 25 heavy (non-hydrogen) atoms. The van der Waals surface area contributed by atoms with Gasteiger partial charge in [-0.15, -0.1) is 0 Å². The maximum atomic E-state index is 12.0. The molecule has 0 atom stereocenters. The summed E-state index contributed by atoms with van der Waals surface area (Å²) >= 11 is 5.86. The van der Waals surface area contributed by atoms with Crippen LogP contribution in [0.15, 0.2) is 47.0 Å². The first-order chi connectivity index (χ1) is 12.0. The van der Waals surface area contributed by atoms with E-state index in [1.807, 2.05) is 38.1 Å². The molecule has 5 nitrogen and oxygen atoms in total. The Morgan fingerprint density at radius 2 is 1.92 bits per heavy atom. The van der Waals surface area contributed by atoms with Gasteiger partial charge in [0.2, 0.25) is 11.7 Å². The molecular formula is C19H17ClN2O3. The third kappa shape index (κ3) is 4.45. The molecule has 0 spiro atoms. The van der Waals surface area contributed by atoms with Gasteiger partial charge in [-0.2, -0.15) is 4.98 Å². The third-order valence-corrected chi connectivity index (χ3v) is 3.92. The van der Waals surface area contributed by atoms with Crippen LogP contribution in [0.1, 0.15) is 23.4 Å². The molecule has 1 aromatic heterocycles. The fourth-order valence-electron chi connectivity index (χ4n) is 2.37. The molecule has 2 aromatic carbocycles. The Labute approximate surface area is 150 Å². The lowest BCUT2D eigenvalue weighted by Crippen LogP contribution is -2.10. The van der Waals surface area contributed by atoms with Gasteiger partial charge in [0, 0.05) is 17.0 Å². The summed E-state index contributed by atoms with van der Waals surface area (Å²) in [6, 6.07) is 12.8. The van der Waals surface area contributed by atoms with E-state index in [4.69, 9.17) is 20.9 Å². The summed E-state index contributed by atoms with van der Waals surface area (Å²) in [5.41, 5.74) is 2.85. The number of nitrogens with zero attached hydrogens (tertiary/aromatic N) is 2. The molecule has 6 heteroatoms. The summed E-state index contributed by atoms with van der Waals surface area (Å²) in [4.78, 5) is 16.3. The summed E-state index contributed by atoms with van der Waals surface area (Å²) in [5, 5.41) is 4.56. The number of hydrogen-bond acceptors (Lipinski definition) is 5. The van der Waals surface area contributed by atoms with Crippen molar-refractivity contribution in [1.82, 2.24) is 10.1 Å². The zero-order valence-electron chi connectivity index (χ0n) is 14.0. The molecule has 0 fully saturated rings. The Kier molecular flexibility index (Phi) is 5.14. The van der Waals surface area contributed by atoms with Gasteiger partial charge in [0.05, 0.1) is 6.42 Å². The van der Waals surface area contributed by atoms with Gasteiger partial charge in [-0.25, -0.2) is 0 Å². The minimum Gasteiger partial charge on any atom is -0.426 e. The van der Waals surface area contributed by atoms with Crippen LogP contribution < -0.4 is 4.74 Å². The summed E-state index contributed by atoms with van der Waals surface area (Å²) in [6.07, 6.45) is 0.486. The molecule has 0 saturated carbocycles. The first kappa shape index (κ1) is 17.2. The summed E-state index contributed by atoms with van der Waals surface area (Å²) in [5.74, 6) is 1.10. The summed E-state index contributed by atoms with van der Waals surface area (Å²) in [7, 11) is 0. The van der Waals surface area contributed by atoms with Gasteiger partial charge in [0.15, 0.2) is 0 Å². The van der Waals surface area contributed by atoms with Crippen molar-refractivity contribution in [2.24, 2.45) is 0 Å². The predicted octanol–water partition coefficient (Wildman–Crippen LogP) is 4.55. The number of esters is 1. The Bertz CT molecular complexity index is 888. The number of aryl methyl sites for hydroxylation is 3. The van der Waals surface area contributed by atoms with E-state index in [2.05, 4.69) is 10.1 Å². The summed E-state index contributed by atoms with van der Waals surface area (Å²) < 4.78 is 10.6. The van der Waals surface area contributed by atoms with Crippen molar-refractivity contribution in [2.75, 3.05) is 0 Å². The highest BCUT2D eigenvalue weighted by Gasteiger charge is 2.13. The van der Waals surface area contributed by atoms with Crippen LogP contribution in [0.4, 0.5) is 0 Å². The largest absolute Gasteiger partial charge is 0.426 e. The summed E-state index contributed by atoms with van der Waals surface area (Å²) in [6.45, 7) is 3.90. The number of halogens is 1. The van der Waals surface area contributed by atoms with Crippen molar-refractivity contribution in [2.45, 2.75) is 26.7 Å². The smallest absolute Gasteiger partial charge is 0.311 e. The SMILES string of the molecule is Cc1ccc(OC(=O)CCc2nc(-c3ccc(Cl)cc3)no2)c(C)c1. The monoisotopic (exact) mass is 356 g/mol. The maximum Gasteiger partial charge on any atom is 0.311 e. The molecule has 0 saturated heterocycles. The van der Waals surface area contributed by atoms with Crippen LogP contribution in [-0.4, -0.2) is 16.1 Å². The van der Waals surface area contributed by atoms with E-state index in [0.29, 0.717) is 28.9 Å². The van der Waals surface area contributed by atoms with Gasteiger partial charge < -0.3 is 9.26 Å². The quantitative estimate of drug-likeness (QED) is 0.496. The second-order valence-electron chi connectivity index (χ2n) is 5.76. The Morgan fingerprint density at radius 3 is 2.64 bits per heavy atom. The second kappa shape index (κ2) is 7.49. The number of carbonyl (C=O) groups is 1. The van der Waals surface area contributed by atoms with Crippen molar-refractivity contribution >= 4 is 17.6 Å². The van der Waals surface area contributed by atoms with E-state index in [-0.39, 0.29) is 12.4 Å². The van der Waals surface area contributed by atoms with Crippen LogP contribution in [-0.2, 0) is 11.2 Å². The molecule has 0 bridgehead atoms. The van der Waals surface area contributed by atoms with Gasteiger partial charge in [-0.1, -0.05) is 34.5 Å². The third-order valence-electron chi connectivity index (χ3n) is 3.67. The number of benzene rings is 2. The second-order valence-corrected chi connectivity index (χ2v) is 6.20. The molecule has 0 N–H and O–H groups in total. The zero-order chi connectivity index (χ0) is 17.8. The number of carbonyl (C=O) groups excluding carboxylic acids is 1. The Balaban J connectivity index is 1.58. The molecule has 3 aromatic rings. The number of hydrogen-bond donors (Lipinski definition) is 0. The standard InChI is InChI=1S/C19H17ClN2O3/c1-12-3-8-16(13(2)11-12)24-18(23)10-9-17-21-19(22-25-17)14-4-6-15(20)7-5-14/h3-8,11H,9-10H2,1-2H3. The van der Waals surface area contributed by atoms with Crippen molar-refractivity contribution in [3.63, 3.8) is 0 Å². The van der Waals surface area contributed by atoms with Crippen LogP contribution >= 0.6 is 11.6 Å². The molecule has 3 rings (SSSR count). The molecule has 0 radical (unpaired) electrons. The van der Waals surface area contributed by atoms with Crippen LogP contribution in [0.2, 0.25) is 5.02 Å². The molecule has 0 amide bonds. The normalized spacial score (nSPS) is 10.7. The molecule has 1 heterocycles. The lowest BCUT2D eigenvalue weighted by molar-refractivity contribution is -0.134. The van der Waals surface area contributed by atoms with Crippen LogP contribution in [0, 0.1) is 13.8 Å². The predicted molar refractivity (Wildman–Crippen MR) is 94.6 cm³/mol. The van der Waals surface area contributed by atoms with Crippen LogP contribution in [0.25, 0.3) is 11.4 Å². The lowest BCUT2D eigenvalue weighted by Gasteiger charge is -2.07. The highest BCUT2D eigenvalue weighted by atomic mass is 35.5. The number of ether oxygens (including phenoxy) is 1. The lowest BCUT2D eigenvalue weighted by atomic mass is 10.1. The van der Waals surface area contributed by atoms with Crippen molar-refractivity contribution < 1.29 is 14.1 Å². The number of aromatic nitrogens is 2. The van der Waals surface area contributed by atoms with E-state index in [0.717, 1.165) is 16.7 Å². The fraction of sp³-hybridized carbons (Fsp3) is 0.211. The highest BCUT2D eigenvalue weighted by Crippen LogP contribution is 2.21. The Morgan fingerprint density at radius 1 is 1.16 bits per heavy atom. The molecule has 128 valence electrons. The molecule has 0 unspecified atom stereocenters. The van der Waals surface area contributed by atoms with E-state index in [1.165, 1.54) is 0 Å². The van der Waals surface area contributed by atoms with E-state index >= 15 is 0 Å². The van der Waals surface area contributed by atoms with Gasteiger partial charge in [-0.3, -0.25) is 4.79 Å². The van der Waals surface area contributed by atoms with Gasteiger partial charge in [0.1, 0.15) is 5.75 Å². The minimum absolute atomic E-state index is 0.162. The van der Waals surface area contributed by atoms with Crippen LogP contribution in [0.5, 0.6) is 5.75 Å². The van der Waals surface area contributed by atoms with Gasteiger partial charge >= 0.3 is 5.97 Å². The van der Waals surface area contributed by atoms with Crippen LogP contribution in [0.3, 0.4) is 0 Å². The first-order valence-electron chi connectivity index (χ1n) is 7.88. The van der Waals surface area contributed by atoms with Gasteiger partial charge in [-0.05, 0) is 49.7 Å². The van der Waals surface area contributed by atoms with E-state index in [1.54, 1.807) is 18.2 Å². The van der Waals surface area contributed by atoms with E-state index in [9.17, 15) is 4.79 Å². The maximum absolute atomic E-state index is 12.0. The average molecular weight is 357 g/mol. The van der Waals surface area contributed by atoms with Crippen molar-refractivity contribution in [1.29, 1.82) is 0 Å². The minimum atomic E-state index is -0.335. The zero-order valence-corrected chi connectivity index (χ0v) is 14.7. The molecular weight excluding hydrogens is 340 g/mol. The number of rotatable bonds is 5. The average Bonchev–Trinajstić information content (AvgIpc) is 3.05. The topological polar surface area (TPSA) is 65.2 Å². The molecule has 0 aliphatic heterocycles. The van der Waals surface area contributed by atoms with Crippen molar-refractivity contribution in [3.05, 3.63) is 64.5 Å². The first-order valence-corrected chi connectivity index (χ1v) is 8.25.